The fourth-order valence-corrected chi connectivity index (χ4v) is 4.76. The van der Waals surface area contributed by atoms with Crippen LogP contribution < -0.4 is 0 Å². The quantitative estimate of drug-likeness (QED) is 0.385. The fraction of sp³-hybridized carbons (Fsp3) is 0.360. The van der Waals surface area contributed by atoms with Crippen LogP contribution in [0, 0.1) is 13.8 Å². The zero-order chi connectivity index (χ0) is 22.8. The number of benzene rings is 2. The minimum atomic E-state index is -0.645. The van der Waals surface area contributed by atoms with Gasteiger partial charge in [-0.15, -0.1) is 0 Å². The molecular formula is C25H27BrN2O4. The van der Waals surface area contributed by atoms with Gasteiger partial charge >= 0.3 is 0 Å². The molecule has 2 aliphatic rings. The van der Waals surface area contributed by atoms with Crippen LogP contribution in [0.25, 0.3) is 5.76 Å². The van der Waals surface area contributed by atoms with Gasteiger partial charge in [0.05, 0.1) is 24.8 Å². The van der Waals surface area contributed by atoms with E-state index in [1.165, 1.54) is 0 Å². The van der Waals surface area contributed by atoms with E-state index in [-0.39, 0.29) is 11.3 Å². The van der Waals surface area contributed by atoms with E-state index in [1.807, 2.05) is 56.3 Å². The topological polar surface area (TPSA) is 70.1 Å². The van der Waals surface area contributed by atoms with Gasteiger partial charge < -0.3 is 14.7 Å². The Kier molecular flexibility index (Phi) is 6.79. The molecule has 2 fully saturated rings. The number of aryl methyl sites for hydroxylation is 2. The molecule has 0 spiro atoms. The molecular weight excluding hydrogens is 472 g/mol. The smallest absolute Gasteiger partial charge is 0.295 e. The summed E-state index contributed by atoms with van der Waals surface area (Å²) in [4.78, 5) is 30.1. The molecule has 6 nitrogen and oxygen atoms in total. The second-order valence-corrected chi connectivity index (χ2v) is 9.24. The summed E-state index contributed by atoms with van der Waals surface area (Å²) in [6.07, 6.45) is 0. The molecule has 2 aromatic carbocycles. The number of aliphatic hydroxyl groups excluding tert-OH is 1. The lowest BCUT2D eigenvalue weighted by Crippen LogP contribution is -2.42. The van der Waals surface area contributed by atoms with Gasteiger partial charge in [0.1, 0.15) is 5.76 Å². The van der Waals surface area contributed by atoms with Gasteiger partial charge in [0, 0.05) is 36.2 Å². The second kappa shape index (κ2) is 9.57. The van der Waals surface area contributed by atoms with E-state index in [1.54, 1.807) is 4.90 Å². The Morgan fingerprint density at radius 3 is 2.56 bits per heavy atom. The van der Waals surface area contributed by atoms with Crippen molar-refractivity contribution in [3.63, 3.8) is 0 Å². The van der Waals surface area contributed by atoms with Crippen LogP contribution in [0.4, 0.5) is 0 Å². The number of rotatable bonds is 5. The third-order valence-corrected chi connectivity index (χ3v) is 6.61. The van der Waals surface area contributed by atoms with Crippen molar-refractivity contribution in [2.45, 2.75) is 19.9 Å². The highest BCUT2D eigenvalue weighted by atomic mass is 79.9. The lowest BCUT2D eigenvalue weighted by atomic mass is 9.93. The van der Waals surface area contributed by atoms with Crippen molar-refractivity contribution in [2.75, 3.05) is 39.4 Å². The lowest BCUT2D eigenvalue weighted by Gasteiger charge is -2.31. The number of ketones is 1. The first-order chi connectivity index (χ1) is 15.4. The van der Waals surface area contributed by atoms with Gasteiger partial charge in [-0.3, -0.25) is 14.5 Å². The number of ether oxygens (including phenoxy) is 1. The Morgan fingerprint density at radius 2 is 1.84 bits per heavy atom. The van der Waals surface area contributed by atoms with E-state index in [0.717, 1.165) is 34.3 Å². The van der Waals surface area contributed by atoms with E-state index in [2.05, 4.69) is 20.8 Å². The van der Waals surface area contributed by atoms with Gasteiger partial charge in [-0.2, -0.15) is 0 Å². The Balaban J connectivity index is 1.78. The first-order valence-electron chi connectivity index (χ1n) is 10.8. The molecule has 0 saturated carbocycles. The highest BCUT2D eigenvalue weighted by molar-refractivity contribution is 9.10. The number of likely N-dealkylation sites (tertiary alicyclic amines) is 1. The van der Waals surface area contributed by atoms with Crippen LogP contribution in [0.15, 0.2) is 52.5 Å². The molecule has 1 unspecified atom stereocenters. The molecule has 1 atom stereocenters. The summed E-state index contributed by atoms with van der Waals surface area (Å²) < 4.78 is 6.26. The van der Waals surface area contributed by atoms with Crippen molar-refractivity contribution >= 4 is 33.4 Å². The van der Waals surface area contributed by atoms with Crippen molar-refractivity contribution in [1.82, 2.24) is 9.80 Å². The summed E-state index contributed by atoms with van der Waals surface area (Å²) in [5, 5.41) is 11.3. The van der Waals surface area contributed by atoms with Crippen LogP contribution in [0.2, 0.25) is 0 Å². The molecule has 0 radical (unpaired) electrons. The SMILES string of the molecule is Cc1ccc(C)c(/C(O)=C2\C(=O)C(=O)N(CCN3CCOCC3)C2c2cccc(Br)c2)c1. The largest absolute Gasteiger partial charge is 0.507 e. The monoisotopic (exact) mass is 498 g/mol. The minimum absolute atomic E-state index is 0.122. The Hall–Kier alpha value is -2.48. The van der Waals surface area contributed by atoms with E-state index in [4.69, 9.17) is 4.74 Å². The number of morpholine rings is 1. The van der Waals surface area contributed by atoms with Crippen LogP contribution in [0.5, 0.6) is 0 Å². The molecule has 0 aliphatic carbocycles. The van der Waals surface area contributed by atoms with Gasteiger partial charge in [-0.05, 0) is 43.2 Å². The molecule has 32 heavy (non-hydrogen) atoms. The number of aliphatic hydroxyl groups is 1. The van der Waals surface area contributed by atoms with E-state index >= 15 is 0 Å². The third-order valence-electron chi connectivity index (χ3n) is 6.11. The zero-order valence-electron chi connectivity index (χ0n) is 18.3. The molecule has 7 heteroatoms. The molecule has 0 aromatic heterocycles. The fourth-order valence-electron chi connectivity index (χ4n) is 4.34. The molecule has 4 rings (SSSR count). The van der Waals surface area contributed by atoms with Crippen LogP contribution >= 0.6 is 15.9 Å². The van der Waals surface area contributed by atoms with Crippen molar-refractivity contribution in [2.24, 2.45) is 0 Å². The highest BCUT2D eigenvalue weighted by Crippen LogP contribution is 2.40. The summed E-state index contributed by atoms with van der Waals surface area (Å²) in [5.41, 5.74) is 3.32. The number of hydrogen-bond acceptors (Lipinski definition) is 5. The van der Waals surface area contributed by atoms with Crippen LogP contribution in [0.3, 0.4) is 0 Å². The van der Waals surface area contributed by atoms with Crippen LogP contribution in [-0.4, -0.2) is 66.0 Å². The Morgan fingerprint density at radius 1 is 1.09 bits per heavy atom. The first-order valence-corrected chi connectivity index (χ1v) is 11.6. The number of nitrogens with zero attached hydrogens (tertiary/aromatic N) is 2. The zero-order valence-corrected chi connectivity index (χ0v) is 19.9. The van der Waals surface area contributed by atoms with Crippen LogP contribution in [-0.2, 0) is 14.3 Å². The number of halogens is 1. The Labute approximate surface area is 196 Å². The average Bonchev–Trinajstić information content (AvgIpc) is 3.04. The number of hydrogen-bond donors (Lipinski definition) is 1. The summed E-state index contributed by atoms with van der Waals surface area (Å²) in [7, 11) is 0. The number of amides is 1. The van der Waals surface area contributed by atoms with Gasteiger partial charge in [0.25, 0.3) is 11.7 Å². The molecule has 2 aliphatic heterocycles. The molecule has 2 heterocycles. The first kappa shape index (κ1) is 22.7. The van der Waals surface area contributed by atoms with Crippen molar-refractivity contribution < 1.29 is 19.4 Å². The molecule has 2 aromatic rings. The standard InChI is InChI=1S/C25H27BrN2O4/c1-16-6-7-17(2)20(14-16)23(29)21-22(18-4-3-5-19(26)15-18)28(25(31)24(21)30)9-8-27-10-12-32-13-11-27/h3-7,14-15,22,29H,8-13H2,1-2H3/b23-21+. The number of carbonyl (C=O) groups excluding carboxylic acids is 2. The average molecular weight is 499 g/mol. The lowest BCUT2D eigenvalue weighted by molar-refractivity contribution is -0.140. The van der Waals surface area contributed by atoms with Crippen molar-refractivity contribution in [3.05, 3.63) is 74.8 Å². The summed E-state index contributed by atoms with van der Waals surface area (Å²) in [6, 6.07) is 12.6. The van der Waals surface area contributed by atoms with Gasteiger partial charge in [-0.1, -0.05) is 45.8 Å². The van der Waals surface area contributed by atoms with E-state index in [0.29, 0.717) is 31.9 Å². The van der Waals surface area contributed by atoms with Crippen LogP contribution in [0.1, 0.15) is 28.3 Å². The van der Waals surface area contributed by atoms with Gasteiger partial charge in [0.15, 0.2) is 0 Å². The molecule has 0 bridgehead atoms. The molecule has 1 N–H and O–H groups in total. The van der Waals surface area contributed by atoms with Gasteiger partial charge in [0.2, 0.25) is 0 Å². The third kappa shape index (κ3) is 4.51. The normalized spacial score (nSPS) is 21.3. The summed E-state index contributed by atoms with van der Waals surface area (Å²) in [6.45, 7) is 7.79. The maximum absolute atomic E-state index is 13.2. The Bertz CT molecular complexity index is 1080. The predicted molar refractivity (Wildman–Crippen MR) is 126 cm³/mol. The van der Waals surface area contributed by atoms with Gasteiger partial charge in [-0.25, -0.2) is 0 Å². The highest BCUT2D eigenvalue weighted by Gasteiger charge is 2.46. The number of carbonyl (C=O) groups is 2. The second-order valence-electron chi connectivity index (χ2n) is 8.32. The molecule has 2 saturated heterocycles. The summed E-state index contributed by atoms with van der Waals surface area (Å²) >= 11 is 3.49. The van der Waals surface area contributed by atoms with E-state index in [9.17, 15) is 14.7 Å². The maximum atomic E-state index is 13.2. The van der Waals surface area contributed by atoms with Crippen molar-refractivity contribution in [3.8, 4) is 0 Å². The van der Waals surface area contributed by atoms with E-state index < -0.39 is 17.7 Å². The molecule has 168 valence electrons. The minimum Gasteiger partial charge on any atom is -0.507 e. The van der Waals surface area contributed by atoms with Crippen molar-refractivity contribution in [1.29, 1.82) is 0 Å². The maximum Gasteiger partial charge on any atom is 0.295 e. The number of Topliss-reactive ketones (excluding diaryl/α,β-unsaturated/α-hetero) is 1. The predicted octanol–water partition coefficient (Wildman–Crippen LogP) is 3.82. The molecule has 1 amide bonds. The summed E-state index contributed by atoms with van der Waals surface area (Å²) in [5.74, 6) is -1.34.